The van der Waals surface area contributed by atoms with Gasteiger partial charge in [0.15, 0.2) is 4.90 Å². The molecular weight excluding hydrogens is 194 g/mol. The van der Waals surface area contributed by atoms with Crippen molar-refractivity contribution in [2.45, 2.75) is 24.2 Å². The molecule has 1 aromatic carbocycles. The lowest BCUT2D eigenvalue weighted by atomic mass is 10.3. The summed E-state index contributed by atoms with van der Waals surface area (Å²) in [5, 5.41) is 2.91. The van der Waals surface area contributed by atoms with E-state index in [4.69, 9.17) is 0 Å². The topological polar surface area (TPSA) is 29.4 Å². The first-order chi connectivity index (χ1) is 6.90. The van der Waals surface area contributed by atoms with E-state index < -0.39 is 0 Å². The summed E-state index contributed by atoms with van der Waals surface area (Å²) in [4.78, 5) is 11.6. The van der Waals surface area contributed by atoms with Gasteiger partial charge in [-0.15, -0.1) is 4.91 Å². The minimum absolute atomic E-state index is 0.438. The van der Waals surface area contributed by atoms with Gasteiger partial charge >= 0.3 is 0 Å². The first kappa shape index (κ1) is 9.71. The number of hydrogen-bond donors (Lipinski definition) is 0. The maximum atomic E-state index is 10.2. The molecule has 3 heteroatoms. The zero-order valence-electron chi connectivity index (χ0n) is 8.11. The average molecular weight is 208 g/mol. The van der Waals surface area contributed by atoms with Gasteiger partial charge in [0.1, 0.15) is 17.2 Å². The third-order valence-electron chi connectivity index (χ3n) is 2.56. The average Bonchev–Trinajstić information content (AvgIpc) is 2.30. The van der Waals surface area contributed by atoms with Crippen LogP contribution in [0.25, 0.3) is 0 Å². The lowest BCUT2D eigenvalue weighted by Crippen LogP contribution is -2.17. The lowest BCUT2D eigenvalue weighted by Gasteiger charge is -2.12. The number of rotatable bonds is 2. The van der Waals surface area contributed by atoms with Gasteiger partial charge in [0.25, 0.3) is 0 Å². The molecular formula is C11H14NOS+. The van der Waals surface area contributed by atoms with Crippen LogP contribution in [-0.2, 0) is 10.9 Å². The fourth-order valence-corrected chi connectivity index (χ4v) is 4.07. The van der Waals surface area contributed by atoms with E-state index in [-0.39, 0.29) is 0 Å². The number of nitroso groups, excluding NO2 is 1. The molecule has 0 amide bonds. The molecule has 0 radical (unpaired) electrons. The molecule has 0 aromatic heterocycles. The van der Waals surface area contributed by atoms with Crippen molar-refractivity contribution in [3.05, 3.63) is 29.2 Å². The van der Waals surface area contributed by atoms with Gasteiger partial charge in [-0.1, -0.05) is 0 Å². The normalized spacial score (nSPS) is 18.0. The molecule has 2 rings (SSSR count). The molecule has 0 saturated carbocycles. The Hall–Kier alpha value is -0.830. The summed E-state index contributed by atoms with van der Waals surface area (Å²) in [5.41, 5.74) is 0.536. The van der Waals surface area contributed by atoms with E-state index in [2.05, 4.69) is 17.3 Å². The van der Waals surface area contributed by atoms with Gasteiger partial charge in [0.2, 0.25) is 0 Å². The predicted molar refractivity (Wildman–Crippen MR) is 61.1 cm³/mol. The zero-order valence-corrected chi connectivity index (χ0v) is 8.93. The molecule has 0 atom stereocenters. The van der Waals surface area contributed by atoms with Crippen molar-refractivity contribution in [3.8, 4) is 0 Å². The van der Waals surface area contributed by atoms with Crippen LogP contribution in [0.1, 0.15) is 19.3 Å². The SMILES string of the molecule is O=Nc1ccc([S+]2CCCCC2)cc1. The Morgan fingerprint density at radius 3 is 2.21 bits per heavy atom. The summed E-state index contributed by atoms with van der Waals surface area (Å²) >= 11 is 0. The Morgan fingerprint density at radius 2 is 1.64 bits per heavy atom. The Kier molecular flexibility index (Phi) is 3.19. The van der Waals surface area contributed by atoms with E-state index in [9.17, 15) is 4.91 Å². The van der Waals surface area contributed by atoms with Crippen molar-refractivity contribution in [2.75, 3.05) is 11.5 Å². The highest BCUT2D eigenvalue weighted by Gasteiger charge is 2.24. The largest absolute Gasteiger partial charge is 0.155 e. The van der Waals surface area contributed by atoms with Crippen LogP contribution < -0.4 is 0 Å². The third-order valence-corrected chi connectivity index (χ3v) is 5.06. The third kappa shape index (κ3) is 2.15. The number of nitrogens with zero attached hydrogens (tertiary/aromatic N) is 1. The Bertz CT molecular complexity index is 304. The highest BCUT2D eigenvalue weighted by molar-refractivity contribution is 7.96. The first-order valence-electron chi connectivity index (χ1n) is 5.01. The van der Waals surface area contributed by atoms with Crippen LogP contribution in [0.5, 0.6) is 0 Å². The second-order valence-corrected chi connectivity index (χ2v) is 5.82. The molecule has 14 heavy (non-hydrogen) atoms. The van der Waals surface area contributed by atoms with Gasteiger partial charge in [-0.25, -0.2) is 0 Å². The molecule has 2 nitrogen and oxygen atoms in total. The Labute approximate surface area is 87.0 Å². The zero-order chi connectivity index (χ0) is 9.80. The van der Waals surface area contributed by atoms with Gasteiger partial charge in [0.05, 0.1) is 0 Å². The standard InChI is InChI=1S/C11H14NOS/c13-12-10-4-6-11(7-5-10)14-8-2-1-3-9-14/h4-7H,1-3,8-9H2/q+1. The summed E-state index contributed by atoms with van der Waals surface area (Å²) in [6.07, 6.45) is 4.10. The van der Waals surface area contributed by atoms with E-state index in [1.807, 2.05) is 12.1 Å². The second-order valence-electron chi connectivity index (χ2n) is 3.55. The summed E-state index contributed by atoms with van der Waals surface area (Å²) in [5.74, 6) is 2.65. The molecule has 1 heterocycles. The molecule has 1 aliphatic heterocycles. The van der Waals surface area contributed by atoms with Crippen molar-refractivity contribution in [2.24, 2.45) is 5.18 Å². The van der Waals surface area contributed by atoms with Gasteiger partial charge in [-0.05, 0) is 48.7 Å². The fraction of sp³-hybridized carbons (Fsp3) is 0.455. The molecule has 0 spiro atoms. The smallest absolute Gasteiger partial charge is 0.145 e. The number of hydrogen-bond acceptors (Lipinski definition) is 2. The van der Waals surface area contributed by atoms with E-state index in [0.29, 0.717) is 16.6 Å². The summed E-state index contributed by atoms with van der Waals surface area (Å²) in [6, 6.07) is 7.77. The Balaban J connectivity index is 2.11. The highest BCUT2D eigenvalue weighted by Crippen LogP contribution is 2.24. The molecule has 1 saturated heterocycles. The molecule has 0 unspecified atom stereocenters. The molecule has 0 aliphatic carbocycles. The molecule has 0 bridgehead atoms. The summed E-state index contributed by atoms with van der Waals surface area (Å²) in [7, 11) is 0.438. The summed E-state index contributed by atoms with van der Waals surface area (Å²) in [6.45, 7) is 0. The predicted octanol–water partition coefficient (Wildman–Crippen LogP) is 3.25. The molecule has 0 N–H and O–H groups in total. The van der Waals surface area contributed by atoms with E-state index in [1.54, 1.807) is 0 Å². The quantitative estimate of drug-likeness (QED) is 0.542. The summed E-state index contributed by atoms with van der Waals surface area (Å²) < 4.78 is 0. The lowest BCUT2D eigenvalue weighted by molar-refractivity contribution is 0.756. The maximum absolute atomic E-state index is 10.2. The van der Waals surface area contributed by atoms with Gasteiger partial charge in [-0.2, -0.15) is 0 Å². The van der Waals surface area contributed by atoms with E-state index >= 15 is 0 Å². The second kappa shape index (κ2) is 4.60. The first-order valence-corrected chi connectivity index (χ1v) is 6.57. The van der Waals surface area contributed by atoms with Crippen LogP contribution >= 0.6 is 0 Å². The van der Waals surface area contributed by atoms with Crippen LogP contribution in [0.3, 0.4) is 0 Å². The molecule has 1 aliphatic rings. The Morgan fingerprint density at radius 1 is 1.00 bits per heavy atom. The molecule has 74 valence electrons. The van der Waals surface area contributed by atoms with Gasteiger partial charge in [0, 0.05) is 10.9 Å². The van der Waals surface area contributed by atoms with E-state index in [0.717, 1.165) is 0 Å². The number of benzene rings is 1. The van der Waals surface area contributed by atoms with Crippen molar-refractivity contribution in [3.63, 3.8) is 0 Å². The van der Waals surface area contributed by atoms with Crippen LogP contribution in [0.15, 0.2) is 34.3 Å². The molecule has 1 aromatic rings. The van der Waals surface area contributed by atoms with E-state index in [1.165, 1.54) is 35.7 Å². The van der Waals surface area contributed by atoms with Crippen molar-refractivity contribution >= 4 is 16.6 Å². The van der Waals surface area contributed by atoms with Gasteiger partial charge in [-0.3, -0.25) is 0 Å². The minimum Gasteiger partial charge on any atom is -0.145 e. The minimum atomic E-state index is 0.438. The monoisotopic (exact) mass is 208 g/mol. The van der Waals surface area contributed by atoms with Crippen molar-refractivity contribution < 1.29 is 0 Å². The van der Waals surface area contributed by atoms with Crippen molar-refractivity contribution in [1.29, 1.82) is 0 Å². The van der Waals surface area contributed by atoms with Crippen molar-refractivity contribution in [1.82, 2.24) is 0 Å². The molecule has 1 fully saturated rings. The highest BCUT2D eigenvalue weighted by atomic mass is 32.2. The fourth-order valence-electron chi connectivity index (χ4n) is 1.77. The van der Waals surface area contributed by atoms with Crippen LogP contribution in [0, 0.1) is 4.91 Å². The van der Waals surface area contributed by atoms with Crippen LogP contribution in [0.2, 0.25) is 0 Å². The van der Waals surface area contributed by atoms with Crippen LogP contribution in [-0.4, -0.2) is 11.5 Å². The van der Waals surface area contributed by atoms with Crippen LogP contribution in [0.4, 0.5) is 5.69 Å². The maximum Gasteiger partial charge on any atom is 0.155 e. The van der Waals surface area contributed by atoms with Gasteiger partial charge < -0.3 is 0 Å².